The van der Waals surface area contributed by atoms with Gasteiger partial charge >= 0.3 is 0 Å². The molecule has 1 atom stereocenters. The summed E-state index contributed by atoms with van der Waals surface area (Å²) < 4.78 is 5.21. The van der Waals surface area contributed by atoms with Crippen LogP contribution in [0, 0.1) is 11.8 Å². The van der Waals surface area contributed by atoms with E-state index < -0.39 is 0 Å². The average Bonchev–Trinajstić information content (AvgIpc) is 3.02. The van der Waals surface area contributed by atoms with Crippen LogP contribution in [0.1, 0.15) is 38.5 Å². The normalized spacial score (nSPS) is 21.8. The quantitative estimate of drug-likeness (QED) is 0.903. The van der Waals surface area contributed by atoms with Crippen molar-refractivity contribution in [3.8, 4) is 5.75 Å². The number of benzene rings is 1. The van der Waals surface area contributed by atoms with Crippen LogP contribution < -0.4 is 15.0 Å². The third kappa shape index (κ3) is 3.89. The second kappa shape index (κ2) is 7.69. The molecule has 1 saturated heterocycles. The van der Waals surface area contributed by atoms with Crippen LogP contribution in [0.15, 0.2) is 24.3 Å². The molecule has 1 aliphatic carbocycles. The van der Waals surface area contributed by atoms with E-state index in [0.29, 0.717) is 18.2 Å². The molecule has 1 aliphatic heterocycles. The van der Waals surface area contributed by atoms with Gasteiger partial charge in [-0.25, -0.2) is 0 Å². The van der Waals surface area contributed by atoms with Crippen molar-refractivity contribution >= 4 is 17.5 Å². The molecule has 0 spiro atoms. The zero-order chi connectivity index (χ0) is 16.9. The van der Waals surface area contributed by atoms with Crippen LogP contribution in [0.2, 0.25) is 0 Å². The molecule has 0 bridgehead atoms. The molecule has 1 aromatic rings. The summed E-state index contributed by atoms with van der Waals surface area (Å²) in [6, 6.07) is 7.42. The number of hydrogen-bond donors (Lipinski definition) is 1. The molecule has 2 amide bonds. The zero-order valence-electron chi connectivity index (χ0n) is 14.3. The first-order chi connectivity index (χ1) is 11.7. The Kier molecular flexibility index (Phi) is 5.38. The van der Waals surface area contributed by atoms with Crippen LogP contribution in [-0.2, 0) is 9.59 Å². The van der Waals surface area contributed by atoms with Gasteiger partial charge in [-0.15, -0.1) is 0 Å². The molecule has 130 valence electrons. The highest BCUT2D eigenvalue weighted by atomic mass is 16.5. The van der Waals surface area contributed by atoms with E-state index in [1.165, 1.54) is 32.1 Å². The molecule has 1 heterocycles. The van der Waals surface area contributed by atoms with E-state index in [2.05, 4.69) is 5.32 Å². The lowest BCUT2D eigenvalue weighted by molar-refractivity contribution is -0.126. The number of hydrogen-bond acceptors (Lipinski definition) is 3. The number of amides is 2. The minimum Gasteiger partial charge on any atom is -0.497 e. The Hall–Kier alpha value is -2.04. The second-order valence-electron chi connectivity index (χ2n) is 6.86. The van der Waals surface area contributed by atoms with Crippen LogP contribution in [0.5, 0.6) is 5.75 Å². The Labute approximate surface area is 143 Å². The topological polar surface area (TPSA) is 58.6 Å². The van der Waals surface area contributed by atoms with Crippen LogP contribution in [-0.4, -0.2) is 32.0 Å². The van der Waals surface area contributed by atoms with E-state index >= 15 is 0 Å². The van der Waals surface area contributed by atoms with Gasteiger partial charge in [0, 0.05) is 31.3 Å². The molecule has 1 N–H and O–H groups in total. The maximum Gasteiger partial charge on any atom is 0.227 e. The van der Waals surface area contributed by atoms with Crippen molar-refractivity contribution in [2.45, 2.75) is 38.5 Å². The van der Waals surface area contributed by atoms with Gasteiger partial charge in [0.1, 0.15) is 5.75 Å². The molecule has 24 heavy (non-hydrogen) atoms. The van der Waals surface area contributed by atoms with Gasteiger partial charge in [-0.05, 0) is 30.9 Å². The minimum absolute atomic E-state index is 0.000990. The fourth-order valence-electron chi connectivity index (χ4n) is 3.69. The number of rotatable bonds is 5. The fraction of sp³-hybridized carbons (Fsp3) is 0.579. The highest BCUT2D eigenvalue weighted by molar-refractivity contribution is 6.00. The third-order valence-electron chi connectivity index (χ3n) is 5.15. The Morgan fingerprint density at radius 1 is 1.29 bits per heavy atom. The molecule has 0 aromatic heterocycles. The fourth-order valence-corrected chi connectivity index (χ4v) is 3.69. The van der Waals surface area contributed by atoms with Crippen molar-refractivity contribution in [3.63, 3.8) is 0 Å². The molecular formula is C19H26N2O3. The predicted octanol–water partition coefficient (Wildman–Crippen LogP) is 2.74. The van der Waals surface area contributed by atoms with Crippen LogP contribution in [0.3, 0.4) is 0 Å². The molecule has 3 rings (SSSR count). The second-order valence-corrected chi connectivity index (χ2v) is 6.86. The van der Waals surface area contributed by atoms with Gasteiger partial charge in [0.25, 0.3) is 0 Å². The smallest absolute Gasteiger partial charge is 0.227 e. The van der Waals surface area contributed by atoms with E-state index in [-0.39, 0.29) is 24.2 Å². The van der Waals surface area contributed by atoms with Crippen molar-refractivity contribution in [2.24, 2.45) is 11.8 Å². The van der Waals surface area contributed by atoms with Crippen LogP contribution in [0.25, 0.3) is 0 Å². The van der Waals surface area contributed by atoms with Crippen molar-refractivity contribution < 1.29 is 14.3 Å². The monoisotopic (exact) mass is 330 g/mol. The first-order valence-corrected chi connectivity index (χ1v) is 8.89. The number of nitrogens with one attached hydrogen (secondary N) is 1. The maximum absolute atomic E-state index is 12.4. The average molecular weight is 330 g/mol. The lowest BCUT2D eigenvalue weighted by Crippen LogP contribution is -2.36. The molecule has 2 fully saturated rings. The molecule has 0 unspecified atom stereocenters. The van der Waals surface area contributed by atoms with Crippen molar-refractivity contribution in [2.75, 3.05) is 25.1 Å². The van der Waals surface area contributed by atoms with Gasteiger partial charge in [0.15, 0.2) is 0 Å². The standard InChI is InChI=1S/C19H26N2O3/c1-24-17-9-5-8-16(11-17)21-13-15(10-18(21)22)19(23)20-12-14-6-3-2-4-7-14/h5,8-9,11,14-15H,2-4,6-7,10,12-13H2,1H3,(H,20,23)/t15-/m1/s1. The summed E-state index contributed by atoms with van der Waals surface area (Å²) in [6.45, 7) is 1.20. The summed E-state index contributed by atoms with van der Waals surface area (Å²) in [5.41, 5.74) is 0.793. The van der Waals surface area contributed by atoms with Gasteiger partial charge in [0.05, 0.1) is 13.0 Å². The van der Waals surface area contributed by atoms with Gasteiger partial charge < -0.3 is 15.0 Å². The van der Waals surface area contributed by atoms with Crippen LogP contribution >= 0.6 is 0 Å². The van der Waals surface area contributed by atoms with Crippen LogP contribution in [0.4, 0.5) is 5.69 Å². The van der Waals surface area contributed by atoms with E-state index in [1.807, 2.05) is 24.3 Å². The lowest BCUT2D eigenvalue weighted by Gasteiger charge is -2.22. The zero-order valence-corrected chi connectivity index (χ0v) is 14.3. The predicted molar refractivity (Wildman–Crippen MR) is 93.0 cm³/mol. The van der Waals surface area contributed by atoms with Gasteiger partial charge in [0.2, 0.25) is 11.8 Å². The summed E-state index contributed by atoms with van der Waals surface area (Å²) >= 11 is 0. The van der Waals surface area contributed by atoms with Gasteiger partial charge in [-0.2, -0.15) is 0 Å². The maximum atomic E-state index is 12.4. The molecular weight excluding hydrogens is 304 g/mol. The van der Waals surface area contributed by atoms with Gasteiger partial charge in [-0.3, -0.25) is 9.59 Å². The van der Waals surface area contributed by atoms with E-state index in [0.717, 1.165) is 12.2 Å². The first kappa shape index (κ1) is 16.8. The molecule has 1 aromatic carbocycles. The van der Waals surface area contributed by atoms with Crippen molar-refractivity contribution in [1.29, 1.82) is 0 Å². The number of carbonyl (C=O) groups excluding carboxylic acids is 2. The highest BCUT2D eigenvalue weighted by Gasteiger charge is 2.35. The Morgan fingerprint density at radius 3 is 2.83 bits per heavy atom. The minimum atomic E-state index is -0.257. The molecule has 1 saturated carbocycles. The lowest BCUT2D eigenvalue weighted by atomic mass is 9.89. The molecule has 2 aliphatic rings. The van der Waals surface area contributed by atoms with Crippen molar-refractivity contribution in [1.82, 2.24) is 5.32 Å². The number of carbonyl (C=O) groups is 2. The Bertz CT molecular complexity index is 596. The summed E-state index contributed by atoms with van der Waals surface area (Å²) in [7, 11) is 1.60. The summed E-state index contributed by atoms with van der Waals surface area (Å²) in [5, 5.41) is 3.07. The molecule has 5 nitrogen and oxygen atoms in total. The number of methoxy groups -OCH3 is 1. The number of nitrogens with zero attached hydrogens (tertiary/aromatic N) is 1. The SMILES string of the molecule is COc1cccc(N2C[C@H](C(=O)NCC3CCCCC3)CC2=O)c1. The molecule has 5 heteroatoms. The summed E-state index contributed by atoms with van der Waals surface area (Å²) in [4.78, 5) is 26.4. The Balaban J connectivity index is 1.56. The summed E-state index contributed by atoms with van der Waals surface area (Å²) in [6.07, 6.45) is 6.56. The first-order valence-electron chi connectivity index (χ1n) is 8.89. The van der Waals surface area contributed by atoms with E-state index in [1.54, 1.807) is 12.0 Å². The Morgan fingerprint density at radius 2 is 2.08 bits per heavy atom. The van der Waals surface area contributed by atoms with E-state index in [9.17, 15) is 9.59 Å². The third-order valence-corrected chi connectivity index (χ3v) is 5.15. The number of ether oxygens (including phenoxy) is 1. The number of anilines is 1. The van der Waals surface area contributed by atoms with Crippen molar-refractivity contribution in [3.05, 3.63) is 24.3 Å². The molecule has 0 radical (unpaired) electrons. The summed E-state index contributed by atoms with van der Waals surface area (Å²) in [5.74, 6) is 1.08. The van der Waals surface area contributed by atoms with E-state index in [4.69, 9.17) is 4.74 Å². The van der Waals surface area contributed by atoms with Gasteiger partial charge in [-0.1, -0.05) is 25.3 Å². The largest absolute Gasteiger partial charge is 0.497 e. The highest BCUT2D eigenvalue weighted by Crippen LogP contribution is 2.28.